The number of nitrogens with zero attached hydrogens (tertiary/aromatic N) is 5. The second-order valence-corrected chi connectivity index (χ2v) is 19.2. The maximum Gasteiger partial charge on any atom is 0.301 e. The Balaban J connectivity index is 0.738. The van der Waals surface area contributed by atoms with Crippen LogP contribution in [0, 0.1) is 17.6 Å². The van der Waals surface area contributed by atoms with Crippen molar-refractivity contribution in [3.05, 3.63) is 113 Å². The maximum absolute atomic E-state index is 15.7. The molecule has 0 saturated carbocycles. The minimum Gasteiger partial charge on any atom is -0.372 e. The lowest BCUT2D eigenvalue weighted by Crippen LogP contribution is -2.52. The first-order valence-corrected chi connectivity index (χ1v) is 23.0. The molecule has 3 N–H and O–H groups in total. The Kier molecular flexibility index (Phi) is 10.8. The first kappa shape index (κ1) is 41.9. The van der Waals surface area contributed by atoms with Crippen molar-refractivity contribution >= 4 is 56.1 Å². The number of carbonyl (C=O) groups excluding carboxylic acids is 4. The molecule has 14 nitrogen and oxygen atoms in total. The van der Waals surface area contributed by atoms with Crippen molar-refractivity contribution in [1.82, 2.24) is 29.4 Å². The number of anilines is 2. The summed E-state index contributed by atoms with van der Waals surface area (Å²) in [6.45, 7) is 4.67. The van der Waals surface area contributed by atoms with Crippen molar-refractivity contribution in [2.75, 3.05) is 55.4 Å². The van der Waals surface area contributed by atoms with Gasteiger partial charge < -0.3 is 19.7 Å². The molecule has 3 amide bonds. The molecule has 7 heterocycles. The number of rotatable bonds is 11. The average molecular weight is 895 g/mol. The van der Waals surface area contributed by atoms with E-state index >= 15 is 8.78 Å². The van der Waals surface area contributed by atoms with Gasteiger partial charge in [0.1, 0.15) is 23.7 Å². The second kappa shape index (κ2) is 16.5. The Labute approximate surface area is 367 Å². The van der Waals surface area contributed by atoms with Gasteiger partial charge in [0, 0.05) is 105 Å². The molecule has 2 atom stereocenters. The topological polar surface area (TPSA) is 168 Å². The number of alkyl halides is 1. The number of amides is 3. The molecule has 4 saturated heterocycles. The smallest absolute Gasteiger partial charge is 0.301 e. The maximum atomic E-state index is 15.7. The van der Waals surface area contributed by atoms with Gasteiger partial charge in [-0.15, -0.1) is 0 Å². The largest absolute Gasteiger partial charge is 0.372 e. The van der Waals surface area contributed by atoms with Crippen LogP contribution >= 0.6 is 0 Å². The SMILES string of the molecule is O=C1CC[C@@H](N2Cc3cc(C4CN(CC5CCN(c6ccc(-c7cnc8[nH]cc(C(=O)c9c(F)ccc(NS(=O)(=O)N%10CC[C@@H](F)C%10)c9F)c8c7)cc6)CC5)C4)ccc3C2=O)C(=O)N1. The molecular weight excluding hydrogens is 850 g/mol. The number of likely N-dealkylation sites (tertiary alicyclic amines) is 1. The van der Waals surface area contributed by atoms with E-state index in [-0.39, 0.29) is 43.3 Å². The fourth-order valence-electron chi connectivity index (χ4n) is 9.81. The number of hydrogen-bond acceptors (Lipinski definition) is 9. The highest BCUT2D eigenvalue weighted by Crippen LogP contribution is 2.36. The van der Waals surface area contributed by atoms with Crippen LogP contribution in [0.2, 0.25) is 0 Å². The van der Waals surface area contributed by atoms with Crippen LogP contribution in [-0.2, 0) is 26.3 Å². The number of pyridine rings is 1. The lowest BCUT2D eigenvalue weighted by molar-refractivity contribution is -0.136. The third-order valence-electron chi connectivity index (χ3n) is 13.4. The summed E-state index contributed by atoms with van der Waals surface area (Å²) < 4.78 is 73.1. The highest BCUT2D eigenvalue weighted by Gasteiger charge is 2.40. The Morgan fingerprint density at radius 3 is 2.41 bits per heavy atom. The van der Waals surface area contributed by atoms with E-state index in [0.717, 1.165) is 78.8 Å². The molecule has 10 rings (SSSR count). The minimum absolute atomic E-state index is 0.00351. The highest BCUT2D eigenvalue weighted by molar-refractivity contribution is 7.90. The lowest BCUT2D eigenvalue weighted by Gasteiger charge is -2.43. The zero-order valence-corrected chi connectivity index (χ0v) is 35.5. The molecule has 0 unspecified atom stereocenters. The summed E-state index contributed by atoms with van der Waals surface area (Å²) in [5.74, 6) is -3.46. The number of halogens is 3. The van der Waals surface area contributed by atoms with E-state index < -0.39 is 57.0 Å². The van der Waals surface area contributed by atoms with Crippen molar-refractivity contribution in [2.45, 2.75) is 56.8 Å². The van der Waals surface area contributed by atoms with E-state index in [2.05, 4.69) is 31.2 Å². The highest BCUT2D eigenvalue weighted by atomic mass is 32.2. The third kappa shape index (κ3) is 7.80. The summed E-state index contributed by atoms with van der Waals surface area (Å²) in [6, 6.07) is 16.9. The Morgan fingerprint density at radius 2 is 1.67 bits per heavy atom. The fourth-order valence-corrected chi connectivity index (χ4v) is 11.1. The van der Waals surface area contributed by atoms with Gasteiger partial charge in [-0.3, -0.25) is 29.2 Å². The number of ketones is 1. The molecule has 0 spiro atoms. The van der Waals surface area contributed by atoms with Crippen molar-refractivity contribution in [3.63, 3.8) is 0 Å². The molecule has 4 fully saturated rings. The number of piperidine rings is 2. The van der Waals surface area contributed by atoms with E-state index in [1.807, 2.05) is 41.1 Å². The molecule has 64 heavy (non-hydrogen) atoms. The molecule has 5 aliphatic rings. The van der Waals surface area contributed by atoms with E-state index in [0.29, 0.717) is 47.0 Å². The lowest BCUT2D eigenvalue weighted by atomic mass is 9.87. The number of aromatic nitrogens is 2. The number of carbonyl (C=O) groups is 4. The van der Waals surface area contributed by atoms with Gasteiger partial charge in [0.15, 0.2) is 5.82 Å². The predicted molar refractivity (Wildman–Crippen MR) is 232 cm³/mol. The number of hydrogen-bond donors (Lipinski definition) is 3. The molecule has 332 valence electrons. The Morgan fingerprint density at radius 1 is 0.891 bits per heavy atom. The number of nitrogens with one attached hydrogen (secondary N) is 3. The third-order valence-corrected chi connectivity index (χ3v) is 14.9. The zero-order valence-electron chi connectivity index (χ0n) is 34.7. The fraction of sp³-hybridized carbons (Fsp3) is 0.370. The van der Waals surface area contributed by atoms with Crippen LogP contribution in [0.25, 0.3) is 22.2 Å². The first-order valence-electron chi connectivity index (χ1n) is 21.6. The monoisotopic (exact) mass is 894 g/mol. The van der Waals surface area contributed by atoms with Crippen LogP contribution < -0.4 is 14.9 Å². The van der Waals surface area contributed by atoms with Crippen LogP contribution in [-0.4, -0.2) is 114 Å². The summed E-state index contributed by atoms with van der Waals surface area (Å²) in [7, 11) is -4.35. The van der Waals surface area contributed by atoms with E-state index in [1.165, 1.54) is 11.8 Å². The summed E-state index contributed by atoms with van der Waals surface area (Å²) >= 11 is 0. The van der Waals surface area contributed by atoms with Gasteiger partial charge in [-0.05, 0) is 84.7 Å². The van der Waals surface area contributed by atoms with Gasteiger partial charge in [-0.25, -0.2) is 18.2 Å². The standard InChI is InChI=1S/C46H45F3N8O6S/c47-32-13-16-56(25-32)64(62,63)53-38-8-7-37(48)41(42(38)49)43(59)36-20-51-44-35(36)18-29(19-50-44)27-1-4-33(5-2-27)55-14-11-26(12-15-55)21-54-22-31(23-54)28-3-6-34-30(17-28)24-57(46(34)61)39-9-10-40(58)52-45(39)60/h1-8,17-20,26,31-32,39,53H,9-16,21-25H2,(H,50,51)(H,52,58,60)/t32-,39-/m1/s1. The average Bonchev–Trinajstić information content (AvgIpc) is 4.00. The van der Waals surface area contributed by atoms with Crippen molar-refractivity contribution in [1.29, 1.82) is 0 Å². The number of H-pyrrole nitrogens is 1. The van der Waals surface area contributed by atoms with Gasteiger partial charge in [0.2, 0.25) is 17.6 Å². The van der Waals surface area contributed by atoms with Gasteiger partial charge in [0.05, 0.1) is 11.3 Å². The molecular formula is C46H45F3N8O6S. The number of imide groups is 1. The summed E-state index contributed by atoms with van der Waals surface area (Å²) in [5, 5.41) is 2.69. The molecule has 5 aliphatic heterocycles. The normalized spacial score (nSPS) is 21.4. The van der Waals surface area contributed by atoms with Crippen molar-refractivity contribution in [3.8, 4) is 11.1 Å². The summed E-state index contributed by atoms with van der Waals surface area (Å²) in [4.78, 5) is 64.7. The second-order valence-electron chi connectivity index (χ2n) is 17.5. The van der Waals surface area contributed by atoms with Gasteiger partial charge in [-0.2, -0.15) is 12.7 Å². The van der Waals surface area contributed by atoms with Gasteiger partial charge in [-0.1, -0.05) is 24.3 Å². The van der Waals surface area contributed by atoms with E-state index in [1.54, 1.807) is 17.2 Å². The minimum atomic E-state index is -4.35. The Hall–Kier alpha value is -6.11. The number of aromatic amines is 1. The predicted octanol–water partition coefficient (Wildman–Crippen LogP) is 5.52. The Bertz CT molecular complexity index is 2830. The molecule has 2 aromatic heterocycles. The van der Waals surface area contributed by atoms with Gasteiger partial charge >= 0.3 is 10.2 Å². The van der Waals surface area contributed by atoms with Crippen LogP contribution in [0.1, 0.15) is 75.4 Å². The number of fused-ring (bicyclic) bond motifs is 2. The van der Waals surface area contributed by atoms with Crippen LogP contribution in [0.4, 0.5) is 24.5 Å². The molecule has 3 aromatic carbocycles. The first-order chi connectivity index (χ1) is 30.8. The molecule has 0 bridgehead atoms. The van der Waals surface area contributed by atoms with E-state index in [9.17, 15) is 32.0 Å². The molecule has 0 radical (unpaired) electrons. The van der Waals surface area contributed by atoms with Gasteiger partial charge in [0.25, 0.3) is 5.91 Å². The number of benzene rings is 3. The molecule has 0 aliphatic carbocycles. The van der Waals surface area contributed by atoms with Crippen LogP contribution in [0.15, 0.2) is 73.1 Å². The van der Waals surface area contributed by atoms with Crippen molar-refractivity contribution < 1.29 is 40.8 Å². The summed E-state index contributed by atoms with van der Waals surface area (Å²) in [5.41, 5.74) is 4.09. The molecule has 5 aromatic rings. The van der Waals surface area contributed by atoms with E-state index in [4.69, 9.17) is 0 Å². The summed E-state index contributed by atoms with van der Waals surface area (Å²) in [6.07, 6.45) is 4.30. The van der Waals surface area contributed by atoms with Crippen LogP contribution in [0.3, 0.4) is 0 Å². The molecule has 18 heteroatoms. The van der Waals surface area contributed by atoms with Crippen molar-refractivity contribution in [2.24, 2.45) is 5.92 Å². The quantitative estimate of drug-likeness (QED) is 0.114. The van der Waals surface area contributed by atoms with Crippen LogP contribution in [0.5, 0.6) is 0 Å². The zero-order chi connectivity index (χ0) is 44.4.